The van der Waals surface area contributed by atoms with E-state index in [-0.39, 0.29) is 5.78 Å². The van der Waals surface area contributed by atoms with Crippen molar-refractivity contribution in [3.63, 3.8) is 0 Å². The van der Waals surface area contributed by atoms with Gasteiger partial charge in [-0.1, -0.05) is 12.1 Å². The minimum atomic E-state index is 0.166. The number of nitrogens with one attached hydrogen (secondary N) is 1. The predicted molar refractivity (Wildman–Crippen MR) is 62.0 cm³/mol. The lowest BCUT2D eigenvalue weighted by Gasteiger charge is -2.27. The zero-order valence-corrected chi connectivity index (χ0v) is 8.71. The van der Waals surface area contributed by atoms with Crippen LogP contribution in [0.3, 0.4) is 0 Å². The smallest absolute Gasteiger partial charge is 0.182 e. The molecule has 0 saturated heterocycles. The van der Waals surface area contributed by atoms with Crippen LogP contribution in [-0.4, -0.2) is 17.3 Å². The Labute approximate surface area is 92.5 Å². The van der Waals surface area contributed by atoms with Crippen LogP contribution in [0.5, 0.6) is 0 Å². The van der Waals surface area contributed by atoms with E-state index in [4.69, 9.17) is 0 Å². The van der Waals surface area contributed by atoms with Crippen molar-refractivity contribution in [2.45, 2.75) is 12.8 Å². The fraction of sp³-hybridized carbons (Fsp3) is 0.231. The Morgan fingerprint density at radius 3 is 3.00 bits per heavy atom. The zero-order chi connectivity index (χ0) is 10.7. The van der Waals surface area contributed by atoms with Crippen LogP contribution in [0, 0.1) is 0 Å². The summed E-state index contributed by atoms with van der Waals surface area (Å²) in [5, 5.41) is 4.27. The fourth-order valence-electron chi connectivity index (χ4n) is 2.64. The van der Waals surface area contributed by atoms with Gasteiger partial charge in [-0.15, -0.1) is 0 Å². The summed E-state index contributed by atoms with van der Waals surface area (Å²) in [5.41, 5.74) is 5.44. The average molecular weight is 210 g/mol. The highest BCUT2D eigenvalue weighted by atomic mass is 16.1. The van der Waals surface area contributed by atoms with Gasteiger partial charge in [-0.05, 0) is 24.5 Å². The molecule has 2 aliphatic rings. The summed E-state index contributed by atoms with van der Waals surface area (Å²) >= 11 is 0. The monoisotopic (exact) mass is 210 g/mol. The first kappa shape index (κ1) is 8.28. The molecule has 1 aromatic heterocycles. The number of aromatic nitrogens is 1. The van der Waals surface area contributed by atoms with Crippen molar-refractivity contribution in [2.75, 3.05) is 11.9 Å². The molecule has 3 nitrogen and oxygen atoms in total. The second-order valence-corrected chi connectivity index (χ2v) is 4.39. The molecule has 0 radical (unpaired) electrons. The normalized spacial score (nSPS) is 16.6. The Hall–Kier alpha value is -1.90. The first-order valence-electron chi connectivity index (χ1n) is 5.56. The van der Waals surface area contributed by atoms with Gasteiger partial charge in [0.2, 0.25) is 0 Å². The number of rotatable bonds is 0. The average Bonchev–Trinajstić information content (AvgIpc) is 2.27. The molecule has 0 saturated carbocycles. The molecular formula is C13H10N2O. The number of Topliss-reactive ketones (excluding diaryl/α,β-unsaturated/α-hetero) is 1. The lowest BCUT2D eigenvalue weighted by molar-refractivity contribution is 0.101. The summed E-state index contributed by atoms with van der Waals surface area (Å²) in [4.78, 5) is 16.4. The van der Waals surface area contributed by atoms with E-state index in [9.17, 15) is 4.79 Å². The maximum atomic E-state index is 11.8. The van der Waals surface area contributed by atoms with E-state index in [0.29, 0.717) is 6.54 Å². The van der Waals surface area contributed by atoms with Crippen molar-refractivity contribution in [3.8, 4) is 0 Å². The van der Waals surface area contributed by atoms with E-state index < -0.39 is 0 Å². The molecule has 0 spiro atoms. The molecule has 1 N–H and O–H groups in total. The molecule has 0 unspecified atom stereocenters. The third-order valence-corrected chi connectivity index (χ3v) is 3.54. The molecule has 2 aromatic rings. The van der Waals surface area contributed by atoms with Crippen molar-refractivity contribution in [3.05, 3.63) is 35.0 Å². The van der Waals surface area contributed by atoms with E-state index in [1.54, 1.807) is 0 Å². The van der Waals surface area contributed by atoms with Gasteiger partial charge < -0.3 is 5.32 Å². The number of anilines is 1. The van der Waals surface area contributed by atoms with Gasteiger partial charge in [-0.25, -0.2) is 0 Å². The maximum Gasteiger partial charge on any atom is 0.182 e. The molecule has 0 amide bonds. The molecule has 16 heavy (non-hydrogen) atoms. The first-order chi connectivity index (χ1) is 7.84. The van der Waals surface area contributed by atoms with Gasteiger partial charge in [0.15, 0.2) is 5.78 Å². The van der Waals surface area contributed by atoms with Crippen LogP contribution in [0.4, 0.5) is 5.69 Å². The number of hydrogen-bond donors (Lipinski definition) is 1. The van der Waals surface area contributed by atoms with Gasteiger partial charge in [0.05, 0.1) is 12.1 Å². The summed E-state index contributed by atoms with van der Waals surface area (Å²) in [6.07, 6.45) is 2.15. The van der Waals surface area contributed by atoms with E-state index in [2.05, 4.69) is 10.3 Å². The molecule has 0 bridgehead atoms. The third-order valence-electron chi connectivity index (χ3n) is 3.54. The first-order valence-corrected chi connectivity index (χ1v) is 5.56. The summed E-state index contributed by atoms with van der Waals surface area (Å²) in [5.74, 6) is 0.166. The highest BCUT2D eigenvalue weighted by Gasteiger charge is 2.27. The van der Waals surface area contributed by atoms with E-state index in [0.717, 1.165) is 35.0 Å². The quantitative estimate of drug-likeness (QED) is 0.722. The number of hydrogen-bond acceptors (Lipinski definition) is 3. The standard InChI is InChI=1S/C13H10N2O/c16-11-6-14-13-7-4-5-9(7)15-10-3-1-2-8(11)12(10)13/h1-3,14H,4-6H2. The van der Waals surface area contributed by atoms with Crippen LogP contribution in [0.15, 0.2) is 18.2 Å². The molecule has 3 heteroatoms. The fourth-order valence-corrected chi connectivity index (χ4v) is 2.64. The van der Waals surface area contributed by atoms with Crippen molar-refractivity contribution >= 4 is 22.4 Å². The molecule has 0 fully saturated rings. The van der Waals surface area contributed by atoms with Gasteiger partial charge in [0.25, 0.3) is 0 Å². The van der Waals surface area contributed by atoms with E-state index >= 15 is 0 Å². The Kier molecular flexibility index (Phi) is 1.35. The lowest BCUT2D eigenvalue weighted by atomic mass is 9.87. The van der Waals surface area contributed by atoms with Gasteiger partial charge in [-0.2, -0.15) is 0 Å². The largest absolute Gasteiger partial charge is 0.377 e. The SMILES string of the molecule is O=C1CNc2c3c(nc4cccc1c24)CC3. The van der Waals surface area contributed by atoms with Gasteiger partial charge in [-0.3, -0.25) is 9.78 Å². The molecule has 1 aromatic carbocycles. The number of fused-ring (bicyclic) bond motifs is 2. The van der Waals surface area contributed by atoms with Crippen molar-refractivity contribution < 1.29 is 4.79 Å². The highest BCUT2D eigenvalue weighted by molar-refractivity contribution is 6.16. The Balaban J connectivity index is 2.24. The molecule has 78 valence electrons. The Morgan fingerprint density at radius 1 is 1.25 bits per heavy atom. The second-order valence-electron chi connectivity index (χ2n) is 4.39. The molecule has 0 atom stereocenters. The number of carbonyl (C=O) groups is 1. The summed E-state index contributed by atoms with van der Waals surface area (Å²) in [7, 11) is 0. The number of ketones is 1. The highest BCUT2D eigenvalue weighted by Crippen LogP contribution is 2.38. The number of benzene rings is 1. The van der Waals surface area contributed by atoms with Gasteiger partial charge >= 0.3 is 0 Å². The van der Waals surface area contributed by atoms with Gasteiger partial charge in [0, 0.05) is 22.3 Å². The molecule has 1 aliphatic carbocycles. The van der Waals surface area contributed by atoms with E-state index in [1.807, 2.05) is 18.2 Å². The van der Waals surface area contributed by atoms with Crippen LogP contribution in [-0.2, 0) is 12.8 Å². The summed E-state index contributed by atoms with van der Waals surface area (Å²) in [6, 6.07) is 5.81. The maximum absolute atomic E-state index is 11.8. The Bertz CT molecular complexity index is 646. The van der Waals surface area contributed by atoms with Gasteiger partial charge in [0.1, 0.15) is 0 Å². The summed E-state index contributed by atoms with van der Waals surface area (Å²) < 4.78 is 0. The van der Waals surface area contributed by atoms with Crippen LogP contribution < -0.4 is 5.32 Å². The van der Waals surface area contributed by atoms with E-state index in [1.165, 1.54) is 11.3 Å². The second kappa shape index (κ2) is 2.61. The van der Waals surface area contributed by atoms with Crippen LogP contribution in [0.1, 0.15) is 21.6 Å². The summed E-state index contributed by atoms with van der Waals surface area (Å²) in [6.45, 7) is 0.419. The number of aryl methyl sites for hydroxylation is 1. The third kappa shape index (κ3) is 0.841. The lowest BCUT2D eigenvalue weighted by Crippen LogP contribution is -2.24. The zero-order valence-electron chi connectivity index (χ0n) is 8.71. The molecule has 2 heterocycles. The Morgan fingerprint density at radius 2 is 2.19 bits per heavy atom. The van der Waals surface area contributed by atoms with Crippen LogP contribution >= 0.6 is 0 Å². The van der Waals surface area contributed by atoms with Crippen molar-refractivity contribution in [1.82, 2.24) is 4.98 Å². The molecular weight excluding hydrogens is 200 g/mol. The minimum Gasteiger partial charge on any atom is -0.377 e. The molecule has 4 rings (SSSR count). The predicted octanol–water partition coefficient (Wildman–Crippen LogP) is 1.94. The number of nitrogens with zero attached hydrogens (tertiary/aromatic N) is 1. The topological polar surface area (TPSA) is 42.0 Å². The minimum absolute atomic E-state index is 0.166. The number of carbonyl (C=O) groups excluding carboxylic acids is 1. The van der Waals surface area contributed by atoms with Crippen LogP contribution in [0.25, 0.3) is 10.9 Å². The van der Waals surface area contributed by atoms with Crippen molar-refractivity contribution in [1.29, 1.82) is 0 Å². The van der Waals surface area contributed by atoms with Crippen molar-refractivity contribution in [2.24, 2.45) is 0 Å². The molecule has 1 aliphatic heterocycles. The number of pyridine rings is 1. The van der Waals surface area contributed by atoms with Crippen LogP contribution in [0.2, 0.25) is 0 Å².